The molecule has 0 atom stereocenters. The van der Waals surface area contributed by atoms with Gasteiger partial charge in [-0.2, -0.15) is 0 Å². The van der Waals surface area contributed by atoms with Gasteiger partial charge in [0.1, 0.15) is 0 Å². The van der Waals surface area contributed by atoms with Crippen molar-refractivity contribution in [2.24, 2.45) is 11.7 Å². The molecule has 136 valence electrons. The fourth-order valence-electron chi connectivity index (χ4n) is 3.89. The average molecular weight is 343 g/mol. The van der Waals surface area contributed by atoms with Gasteiger partial charge in [0.15, 0.2) is 0 Å². The minimum atomic E-state index is 0.0444. The number of benzene rings is 1. The normalized spacial score (nSPS) is 19.1. The van der Waals surface area contributed by atoms with Gasteiger partial charge in [0.2, 0.25) is 5.91 Å². The van der Waals surface area contributed by atoms with E-state index in [1.54, 1.807) is 0 Å². The second-order valence-electron chi connectivity index (χ2n) is 7.28. The number of rotatable bonds is 4. The zero-order valence-corrected chi connectivity index (χ0v) is 15.0. The highest BCUT2D eigenvalue weighted by molar-refractivity contribution is 5.94. The number of nitrogens with two attached hydrogens (primary N) is 1. The molecule has 5 heteroatoms. The summed E-state index contributed by atoms with van der Waals surface area (Å²) in [7, 11) is 0. The van der Waals surface area contributed by atoms with Gasteiger partial charge in [-0.1, -0.05) is 31.4 Å². The first kappa shape index (κ1) is 17.9. The molecule has 0 aromatic heterocycles. The summed E-state index contributed by atoms with van der Waals surface area (Å²) in [5, 5.41) is 0. The molecule has 25 heavy (non-hydrogen) atoms. The van der Waals surface area contributed by atoms with E-state index in [1.165, 1.54) is 32.1 Å². The summed E-state index contributed by atoms with van der Waals surface area (Å²) in [6.07, 6.45) is 6.94. The maximum atomic E-state index is 12.6. The Kier molecular flexibility index (Phi) is 6.08. The third kappa shape index (κ3) is 4.60. The van der Waals surface area contributed by atoms with Gasteiger partial charge in [-0.25, -0.2) is 0 Å². The highest BCUT2D eigenvalue weighted by Crippen LogP contribution is 2.27. The number of hydrogen-bond donors (Lipinski definition) is 1. The second kappa shape index (κ2) is 8.48. The number of amides is 2. The van der Waals surface area contributed by atoms with Crippen LogP contribution in [0.15, 0.2) is 24.3 Å². The highest BCUT2D eigenvalue weighted by Gasteiger charge is 2.26. The fraction of sp³-hybridized carbons (Fsp3) is 0.600. The third-order valence-corrected chi connectivity index (χ3v) is 5.54. The molecule has 0 bridgehead atoms. The van der Waals surface area contributed by atoms with Crippen LogP contribution in [-0.4, -0.2) is 47.8 Å². The Hall–Kier alpha value is -1.88. The molecule has 0 radical (unpaired) electrons. The van der Waals surface area contributed by atoms with E-state index in [0.29, 0.717) is 50.6 Å². The largest absolute Gasteiger partial charge is 0.339 e. The number of hydrogen-bond acceptors (Lipinski definition) is 3. The summed E-state index contributed by atoms with van der Waals surface area (Å²) in [6.45, 7) is 3.02. The highest BCUT2D eigenvalue weighted by atomic mass is 16.2. The summed E-state index contributed by atoms with van der Waals surface area (Å²) >= 11 is 0. The molecule has 1 saturated carbocycles. The summed E-state index contributed by atoms with van der Waals surface area (Å²) < 4.78 is 0. The van der Waals surface area contributed by atoms with Gasteiger partial charge >= 0.3 is 0 Å². The van der Waals surface area contributed by atoms with Crippen LogP contribution in [0.2, 0.25) is 0 Å². The van der Waals surface area contributed by atoms with Crippen LogP contribution in [0.4, 0.5) is 0 Å². The molecule has 2 aliphatic rings. The molecular formula is C20H29N3O2. The van der Waals surface area contributed by atoms with E-state index < -0.39 is 0 Å². The molecule has 0 unspecified atom stereocenters. The Labute approximate surface area is 150 Å². The van der Waals surface area contributed by atoms with Crippen molar-refractivity contribution in [3.8, 4) is 0 Å². The van der Waals surface area contributed by atoms with Crippen LogP contribution >= 0.6 is 0 Å². The minimum Gasteiger partial charge on any atom is -0.339 e. The first-order valence-corrected chi connectivity index (χ1v) is 9.53. The van der Waals surface area contributed by atoms with Gasteiger partial charge in [0.05, 0.1) is 0 Å². The Morgan fingerprint density at radius 3 is 2.12 bits per heavy atom. The van der Waals surface area contributed by atoms with E-state index in [4.69, 9.17) is 5.73 Å². The number of piperazine rings is 1. The lowest BCUT2D eigenvalue weighted by Crippen LogP contribution is -2.50. The lowest BCUT2D eigenvalue weighted by Gasteiger charge is -2.35. The zero-order valence-electron chi connectivity index (χ0n) is 15.0. The molecule has 1 aromatic carbocycles. The lowest BCUT2D eigenvalue weighted by molar-refractivity contribution is -0.133. The molecule has 2 N–H and O–H groups in total. The predicted octanol–water partition coefficient (Wildman–Crippen LogP) is 2.40. The molecule has 2 amide bonds. The Morgan fingerprint density at radius 1 is 0.920 bits per heavy atom. The van der Waals surface area contributed by atoms with Crippen LogP contribution in [0.25, 0.3) is 0 Å². The van der Waals surface area contributed by atoms with Crippen molar-refractivity contribution in [3.05, 3.63) is 35.4 Å². The van der Waals surface area contributed by atoms with Crippen LogP contribution in [-0.2, 0) is 11.3 Å². The van der Waals surface area contributed by atoms with Crippen LogP contribution in [0.5, 0.6) is 0 Å². The van der Waals surface area contributed by atoms with Crippen molar-refractivity contribution in [1.82, 2.24) is 9.80 Å². The minimum absolute atomic E-state index is 0.0444. The maximum absolute atomic E-state index is 12.6. The van der Waals surface area contributed by atoms with Crippen molar-refractivity contribution < 1.29 is 9.59 Å². The van der Waals surface area contributed by atoms with Crippen molar-refractivity contribution in [2.45, 2.75) is 45.1 Å². The molecule has 5 nitrogen and oxygen atoms in total. The van der Waals surface area contributed by atoms with Crippen molar-refractivity contribution in [2.75, 3.05) is 26.2 Å². The van der Waals surface area contributed by atoms with Gasteiger partial charge in [-0.3, -0.25) is 9.59 Å². The lowest BCUT2D eigenvalue weighted by atomic mass is 9.86. The van der Waals surface area contributed by atoms with Gasteiger partial charge in [0.25, 0.3) is 5.91 Å². The first-order chi connectivity index (χ1) is 12.2. The van der Waals surface area contributed by atoms with E-state index in [0.717, 1.165) is 5.56 Å². The van der Waals surface area contributed by atoms with E-state index in [9.17, 15) is 9.59 Å². The third-order valence-electron chi connectivity index (χ3n) is 5.54. The van der Waals surface area contributed by atoms with Crippen LogP contribution in [0.1, 0.15) is 54.4 Å². The molecule has 3 rings (SSSR count). The predicted molar refractivity (Wildman–Crippen MR) is 98.0 cm³/mol. The summed E-state index contributed by atoms with van der Waals surface area (Å²) in [5.41, 5.74) is 7.31. The summed E-state index contributed by atoms with van der Waals surface area (Å²) in [4.78, 5) is 28.9. The summed E-state index contributed by atoms with van der Waals surface area (Å²) in [5.74, 6) is 0.885. The SMILES string of the molecule is NCc1ccc(C(=O)N2CCN(C(=O)CC3CCCCC3)CC2)cc1. The van der Waals surface area contributed by atoms with E-state index in [1.807, 2.05) is 34.1 Å². The molecule has 0 spiro atoms. The molecule has 1 saturated heterocycles. The molecular weight excluding hydrogens is 314 g/mol. The smallest absolute Gasteiger partial charge is 0.253 e. The molecule has 1 heterocycles. The van der Waals surface area contributed by atoms with Crippen LogP contribution < -0.4 is 5.73 Å². The summed E-state index contributed by atoms with van der Waals surface area (Å²) in [6, 6.07) is 7.48. The quantitative estimate of drug-likeness (QED) is 0.913. The molecule has 2 fully saturated rings. The standard InChI is InChI=1S/C20H29N3O2/c21-15-17-6-8-18(9-7-17)20(25)23-12-10-22(11-13-23)19(24)14-16-4-2-1-3-5-16/h6-9,16H,1-5,10-15,21H2. The van der Waals surface area contributed by atoms with E-state index in [2.05, 4.69) is 0 Å². The Bertz CT molecular complexity index is 585. The molecule has 1 aliphatic carbocycles. The van der Waals surface area contributed by atoms with Gasteiger partial charge in [-0.15, -0.1) is 0 Å². The van der Waals surface area contributed by atoms with E-state index >= 15 is 0 Å². The van der Waals surface area contributed by atoms with Crippen molar-refractivity contribution in [1.29, 1.82) is 0 Å². The number of nitrogens with zero attached hydrogens (tertiary/aromatic N) is 2. The topological polar surface area (TPSA) is 66.6 Å². The second-order valence-corrected chi connectivity index (χ2v) is 7.28. The van der Waals surface area contributed by atoms with Gasteiger partial charge in [0, 0.05) is 44.7 Å². The van der Waals surface area contributed by atoms with Crippen LogP contribution in [0.3, 0.4) is 0 Å². The number of carbonyl (C=O) groups is 2. The first-order valence-electron chi connectivity index (χ1n) is 9.53. The van der Waals surface area contributed by atoms with Crippen molar-refractivity contribution >= 4 is 11.8 Å². The Balaban J connectivity index is 1.48. The molecule has 1 aliphatic heterocycles. The zero-order chi connectivity index (χ0) is 17.6. The number of carbonyl (C=O) groups excluding carboxylic acids is 2. The maximum Gasteiger partial charge on any atom is 0.253 e. The fourth-order valence-corrected chi connectivity index (χ4v) is 3.89. The van der Waals surface area contributed by atoms with E-state index in [-0.39, 0.29) is 11.8 Å². The van der Waals surface area contributed by atoms with Gasteiger partial charge in [-0.05, 0) is 36.5 Å². The molecule has 1 aromatic rings. The monoisotopic (exact) mass is 343 g/mol. The van der Waals surface area contributed by atoms with Gasteiger partial charge < -0.3 is 15.5 Å². The Morgan fingerprint density at radius 2 is 1.52 bits per heavy atom. The van der Waals surface area contributed by atoms with Crippen LogP contribution in [0, 0.1) is 5.92 Å². The van der Waals surface area contributed by atoms with Crippen molar-refractivity contribution in [3.63, 3.8) is 0 Å². The average Bonchev–Trinajstić information content (AvgIpc) is 2.68.